The van der Waals surface area contributed by atoms with Gasteiger partial charge in [-0.1, -0.05) is 0 Å². The number of pyridine rings is 1. The number of methoxy groups -OCH3 is 2. The zero-order valence-electron chi connectivity index (χ0n) is 19.6. The van der Waals surface area contributed by atoms with Crippen molar-refractivity contribution in [2.24, 2.45) is 0 Å². The van der Waals surface area contributed by atoms with Gasteiger partial charge < -0.3 is 19.3 Å². The average molecular weight is 489 g/mol. The Morgan fingerprint density at radius 2 is 1.66 bits per heavy atom. The first-order chi connectivity index (χ1) is 16.6. The molecule has 0 spiro atoms. The van der Waals surface area contributed by atoms with E-state index in [9.17, 15) is 23.1 Å². The summed E-state index contributed by atoms with van der Waals surface area (Å²) in [4.78, 5) is 17.3. The molecule has 3 aromatic rings. The zero-order chi connectivity index (χ0) is 25.6. The van der Waals surface area contributed by atoms with E-state index in [1.807, 2.05) is 0 Å². The number of ether oxygens (including phenoxy) is 3. The Morgan fingerprint density at radius 3 is 2.29 bits per heavy atom. The molecule has 2 aromatic carbocycles. The molecule has 0 fully saturated rings. The largest absolute Gasteiger partial charge is 0.494 e. The SMILES string of the molecule is COc1cc(C(=O)CCC(C)(O)c2ccc(OC)c(-c3ccc(F)cc3)n2)ccc1OCC(F)F. The summed E-state index contributed by atoms with van der Waals surface area (Å²) in [6.45, 7) is 0.757. The molecular weight excluding hydrogens is 463 g/mol. The van der Waals surface area contributed by atoms with Crippen molar-refractivity contribution in [1.82, 2.24) is 4.98 Å². The molecule has 0 aliphatic heterocycles. The van der Waals surface area contributed by atoms with Crippen LogP contribution in [0, 0.1) is 5.82 Å². The third-order valence-electron chi connectivity index (χ3n) is 5.44. The smallest absolute Gasteiger partial charge is 0.272 e. The second-order valence-electron chi connectivity index (χ2n) is 8.02. The molecule has 186 valence electrons. The van der Waals surface area contributed by atoms with Gasteiger partial charge in [-0.3, -0.25) is 4.79 Å². The third kappa shape index (κ3) is 6.51. The number of nitrogens with zero attached hydrogens (tertiary/aromatic N) is 1. The number of Topliss-reactive ketones (excluding diaryl/α,β-unsaturated/α-hetero) is 1. The van der Waals surface area contributed by atoms with Crippen LogP contribution in [0.25, 0.3) is 11.3 Å². The molecular formula is C26H26F3NO5. The minimum Gasteiger partial charge on any atom is -0.494 e. The minimum atomic E-state index is -2.64. The van der Waals surface area contributed by atoms with Crippen LogP contribution in [0.4, 0.5) is 13.2 Å². The summed E-state index contributed by atoms with van der Waals surface area (Å²) in [5.41, 5.74) is 0.190. The Hall–Kier alpha value is -3.59. The van der Waals surface area contributed by atoms with Crippen LogP contribution >= 0.6 is 0 Å². The van der Waals surface area contributed by atoms with Crippen LogP contribution in [0.2, 0.25) is 0 Å². The second kappa shape index (κ2) is 11.2. The van der Waals surface area contributed by atoms with Gasteiger partial charge in [0, 0.05) is 17.5 Å². The van der Waals surface area contributed by atoms with Crippen LogP contribution in [0.3, 0.4) is 0 Å². The lowest BCUT2D eigenvalue weighted by molar-refractivity contribution is 0.0397. The summed E-state index contributed by atoms with van der Waals surface area (Å²) in [6, 6.07) is 13.3. The molecule has 0 aliphatic carbocycles. The summed E-state index contributed by atoms with van der Waals surface area (Å²) in [5, 5.41) is 11.1. The monoisotopic (exact) mass is 489 g/mol. The fraction of sp³-hybridized carbons (Fsp3) is 0.308. The first-order valence-electron chi connectivity index (χ1n) is 10.8. The van der Waals surface area contributed by atoms with Gasteiger partial charge >= 0.3 is 0 Å². The third-order valence-corrected chi connectivity index (χ3v) is 5.44. The van der Waals surface area contributed by atoms with Gasteiger partial charge in [0.1, 0.15) is 29.5 Å². The summed E-state index contributed by atoms with van der Waals surface area (Å²) >= 11 is 0. The normalized spacial score (nSPS) is 12.8. The Kier molecular flexibility index (Phi) is 8.34. The molecule has 35 heavy (non-hydrogen) atoms. The Morgan fingerprint density at radius 1 is 1.00 bits per heavy atom. The average Bonchev–Trinajstić information content (AvgIpc) is 2.86. The van der Waals surface area contributed by atoms with E-state index in [4.69, 9.17) is 14.2 Å². The van der Waals surface area contributed by atoms with Gasteiger partial charge in [0.05, 0.1) is 19.9 Å². The predicted molar refractivity (Wildman–Crippen MR) is 124 cm³/mol. The molecule has 1 heterocycles. The van der Waals surface area contributed by atoms with E-state index in [0.717, 1.165) is 0 Å². The second-order valence-corrected chi connectivity index (χ2v) is 8.02. The van der Waals surface area contributed by atoms with Gasteiger partial charge in [0.25, 0.3) is 6.43 Å². The maximum absolute atomic E-state index is 13.3. The Balaban J connectivity index is 1.76. The number of aliphatic hydroxyl groups is 1. The van der Waals surface area contributed by atoms with Gasteiger partial charge in [-0.25, -0.2) is 18.2 Å². The van der Waals surface area contributed by atoms with E-state index >= 15 is 0 Å². The number of carbonyl (C=O) groups excluding carboxylic acids is 1. The highest BCUT2D eigenvalue weighted by atomic mass is 19.3. The summed E-state index contributed by atoms with van der Waals surface area (Å²) in [5.74, 6) is 0.0421. The van der Waals surface area contributed by atoms with E-state index in [-0.39, 0.29) is 41.5 Å². The number of hydrogen-bond acceptors (Lipinski definition) is 6. The van der Waals surface area contributed by atoms with Crippen molar-refractivity contribution in [1.29, 1.82) is 0 Å². The van der Waals surface area contributed by atoms with Crippen LogP contribution in [-0.4, -0.2) is 43.1 Å². The van der Waals surface area contributed by atoms with Crippen molar-refractivity contribution in [3.8, 4) is 28.5 Å². The summed E-state index contributed by atoms with van der Waals surface area (Å²) in [7, 11) is 2.83. The molecule has 0 bridgehead atoms. The van der Waals surface area contributed by atoms with E-state index in [1.54, 1.807) is 31.2 Å². The van der Waals surface area contributed by atoms with Crippen LogP contribution in [0.15, 0.2) is 54.6 Å². The van der Waals surface area contributed by atoms with Crippen molar-refractivity contribution in [3.05, 3.63) is 71.7 Å². The molecule has 0 radical (unpaired) electrons. The van der Waals surface area contributed by atoms with Crippen LogP contribution in [-0.2, 0) is 5.60 Å². The minimum absolute atomic E-state index is 0.0209. The quantitative estimate of drug-likeness (QED) is 0.363. The number of aromatic nitrogens is 1. The number of alkyl halides is 2. The van der Waals surface area contributed by atoms with Gasteiger partial charge in [-0.2, -0.15) is 0 Å². The highest BCUT2D eigenvalue weighted by Gasteiger charge is 2.27. The molecule has 0 saturated carbocycles. The molecule has 3 rings (SSSR count). The molecule has 1 N–H and O–H groups in total. The molecule has 0 amide bonds. The van der Waals surface area contributed by atoms with Crippen molar-refractivity contribution >= 4 is 5.78 Å². The Bertz CT molecular complexity index is 1170. The van der Waals surface area contributed by atoms with Crippen molar-refractivity contribution in [2.45, 2.75) is 31.8 Å². The van der Waals surface area contributed by atoms with E-state index in [2.05, 4.69) is 4.98 Å². The summed E-state index contributed by atoms with van der Waals surface area (Å²) < 4.78 is 53.7. The fourth-order valence-corrected chi connectivity index (χ4v) is 3.47. The van der Waals surface area contributed by atoms with Gasteiger partial charge in [0.15, 0.2) is 17.3 Å². The molecule has 1 aromatic heterocycles. The fourth-order valence-electron chi connectivity index (χ4n) is 3.47. The number of halogens is 3. The van der Waals surface area contributed by atoms with Gasteiger partial charge in [-0.15, -0.1) is 0 Å². The number of carbonyl (C=O) groups is 1. The maximum Gasteiger partial charge on any atom is 0.272 e. The predicted octanol–water partition coefficient (Wildman–Crippen LogP) is 5.42. The molecule has 9 heteroatoms. The van der Waals surface area contributed by atoms with Crippen LogP contribution in [0.1, 0.15) is 35.8 Å². The number of ketones is 1. The lowest BCUT2D eigenvalue weighted by atomic mass is 9.92. The molecule has 0 aliphatic rings. The Labute approximate surface area is 201 Å². The number of benzene rings is 2. The van der Waals surface area contributed by atoms with Crippen molar-refractivity contribution < 1.29 is 37.3 Å². The lowest BCUT2D eigenvalue weighted by Crippen LogP contribution is -2.24. The van der Waals surface area contributed by atoms with Crippen LogP contribution < -0.4 is 14.2 Å². The topological polar surface area (TPSA) is 77.9 Å². The molecule has 0 saturated heterocycles. The summed E-state index contributed by atoms with van der Waals surface area (Å²) in [6.07, 6.45) is -2.61. The van der Waals surface area contributed by atoms with Crippen molar-refractivity contribution in [2.75, 3.05) is 20.8 Å². The maximum atomic E-state index is 13.3. The van der Waals surface area contributed by atoms with Crippen molar-refractivity contribution in [3.63, 3.8) is 0 Å². The lowest BCUT2D eigenvalue weighted by Gasteiger charge is -2.24. The number of rotatable bonds is 11. The van der Waals surface area contributed by atoms with Gasteiger partial charge in [0.2, 0.25) is 0 Å². The zero-order valence-corrected chi connectivity index (χ0v) is 19.6. The molecule has 6 nitrogen and oxygen atoms in total. The number of hydrogen-bond donors (Lipinski definition) is 1. The van der Waals surface area contributed by atoms with Gasteiger partial charge in [-0.05, 0) is 67.9 Å². The first-order valence-corrected chi connectivity index (χ1v) is 10.8. The molecule has 1 atom stereocenters. The van der Waals surface area contributed by atoms with E-state index in [1.165, 1.54) is 44.6 Å². The highest BCUT2D eigenvalue weighted by molar-refractivity contribution is 5.96. The van der Waals surface area contributed by atoms with E-state index < -0.39 is 18.6 Å². The highest BCUT2D eigenvalue weighted by Crippen LogP contribution is 2.34. The first kappa shape index (κ1) is 26.0. The van der Waals surface area contributed by atoms with E-state index in [0.29, 0.717) is 22.7 Å². The van der Waals surface area contributed by atoms with Crippen LogP contribution in [0.5, 0.6) is 17.2 Å². The molecule has 1 unspecified atom stereocenters. The standard InChI is InChI=1S/C26H26F3NO5/c1-26(32,23-11-10-21(33-2)25(30-23)16-4-7-18(27)8-5-16)13-12-19(31)17-6-9-20(22(14-17)34-3)35-15-24(28)29/h4-11,14,24,32H,12-13,15H2,1-3H3.